The van der Waals surface area contributed by atoms with Crippen molar-refractivity contribution in [1.29, 1.82) is 0 Å². The van der Waals surface area contributed by atoms with Crippen molar-refractivity contribution < 1.29 is 23.8 Å². The van der Waals surface area contributed by atoms with E-state index in [0.29, 0.717) is 35.0 Å². The van der Waals surface area contributed by atoms with Crippen molar-refractivity contribution in [3.05, 3.63) is 84.2 Å². The van der Waals surface area contributed by atoms with Gasteiger partial charge in [-0.3, -0.25) is 9.78 Å². The molecule has 0 bridgehead atoms. The highest BCUT2D eigenvalue weighted by Gasteiger charge is 2.24. The lowest BCUT2D eigenvalue weighted by atomic mass is 10.1. The highest BCUT2D eigenvalue weighted by atomic mass is 32.2. The molecule has 0 radical (unpaired) electrons. The quantitative estimate of drug-likeness (QED) is 0.417. The Labute approximate surface area is 197 Å². The number of benzene rings is 2. The lowest BCUT2D eigenvalue weighted by Crippen LogP contribution is -2.42. The van der Waals surface area contributed by atoms with Gasteiger partial charge in [0.1, 0.15) is 29.9 Å². The first kappa shape index (κ1) is 24.1. The van der Waals surface area contributed by atoms with Gasteiger partial charge in [0.05, 0.1) is 18.9 Å². The van der Waals surface area contributed by atoms with Crippen LogP contribution in [0, 0.1) is 0 Å². The Hall–Kier alpha value is -3.52. The van der Waals surface area contributed by atoms with E-state index in [-0.39, 0.29) is 6.61 Å². The number of methoxy groups -OCH3 is 1. The molecular weight excluding hydrogens is 440 g/mol. The minimum absolute atomic E-state index is 0.275. The molecule has 1 atom stereocenters. The normalized spacial score (nSPS) is 11.3. The topological polar surface area (TPSA) is 86.8 Å². The van der Waals surface area contributed by atoms with Crippen LogP contribution >= 0.6 is 11.8 Å². The number of nitrogens with zero attached hydrogens (tertiary/aromatic N) is 1. The third-order valence-electron chi connectivity index (χ3n) is 4.70. The monoisotopic (exact) mass is 466 g/mol. The van der Waals surface area contributed by atoms with Gasteiger partial charge in [0.15, 0.2) is 0 Å². The van der Waals surface area contributed by atoms with Gasteiger partial charge in [-0.05, 0) is 60.4 Å². The first-order chi connectivity index (χ1) is 16.1. The number of amides is 1. The Kier molecular flexibility index (Phi) is 9.14. The largest absolute Gasteiger partial charge is 0.487 e. The second-order valence-electron chi connectivity index (χ2n) is 7.05. The van der Waals surface area contributed by atoms with Crippen LogP contribution in [-0.2, 0) is 16.1 Å². The minimum Gasteiger partial charge on any atom is -0.487 e. The van der Waals surface area contributed by atoms with Crippen molar-refractivity contribution >= 4 is 23.6 Å². The van der Waals surface area contributed by atoms with Crippen molar-refractivity contribution in [2.24, 2.45) is 0 Å². The predicted molar refractivity (Wildman–Crippen MR) is 128 cm³/mol. The summed E-state index contributed by atoms with van der Waals surface area (Å²) >= 11 is 1.59. The molecule has 1 heterocycles. The van der Waals surface area contributed by atoms with E-state index in [4.69, 9.17) is 14.2 Å². The molecule has 0 fully saturated rings. The fourth-order valence-electron chi connectivity index (χ4n) is 3.01. The molecule has 0 aliphatic carbocycles. The van der Waals surface area contributed by atoms with Gasteiger partial charge >= 0.3 is 5.97 Å². The number of esters is 1. The summed E-state index contributed by atoms with van der Waals surface area (Å²) in [7, 11) is 1.31. The van der Waals surface area contributed by atoms with Crippen LogP contribution in [-0.4, -0.2) is 42.0 Å². The molecule has 0 saturated heterocycles. The number of aromatic nitrogens is 1. The summed E-state index contributed by atoms with van der Waals surface area (Å²) in [6.45, 7) is 0.275. The van der Waals surface area contributed by atoms with Gasteiger partial charge in [0.25, 0.3) is 5.91 Å². The molecule has 1 amide bonds. The summed E-state index contributed by atoms with van der Waals surface area (Å²) in [4.78, 5) is 29.3. The highest BCUT2D eigenvalue weighted by molar-refractivity contribution is 7.98. The zero-order valence-electron chi connectivity index (χ0n) is 18.5. The van der Waals surface area contributed by atoms with E-state index < -0.39 is 17.9 Å². The van der Waals surface area contributed by atoms with E-state index >= 15 is 0 Å². The molecule has 0 saturated carbocycles. The van der Waals surface area contributed by atoms with Crippen LogP contribution in [0.1, 0.15) is 22.3 Å². The number of thioether (sulfide) groups is 1. The molecule has 0 spiro atoms. The molecule has 1 unspecified atom stereocenters. The summed E-state index contributed by atoms with van der Waals surface area (Å²) in [5.41, 5.74) is 1.12. The van der Waals surface area contributed by atoms with Crippen LogP contribution < -0.4 is 14.8 Å². The summed E-state index contributed by atoms with van der Waals surface area (Å²) in [6, 6.07) is 17.3. The Morgan fingerprint density at radius 2 is 1.85 bits per heavy atom. The van der Waals surface area contributed by atoms with E-state index in [1.54, 1.807) is 60.6 Å². The van der Waals surface area contributed by atoms with Crippen LogP contribution in [0.5, 0.6) is 17.2 Å². The van der Waals surface area contributed by atoms with Gasteiger partial charge in [-0.25, -0.2) is 4.79 Å². The summed E-state index contributed by atoms with van der Waals surface area (Å²) in [5.74, 6) is 1.39. The van der Waals surface area contributed by atoms with E-state index in [1.165, 1.54) is 7.11 Å². The molecule has 33 heavy (non-hydrogen) atoms. The zero-order chi connectivity index (χ0) is 23.5. The molecule has 3 aromatic rings. The van der Waals surface area contributed by atoms with Gasteiger partial charge in [0, 0.05) is 6.20 Å². The summed E-state index contributed by atoms with van der Waals surface area (Å²) in [5, 5.41) is 2.78. The molecule has 3 rings (SSSR count). The standard InChI is InChI=1S/C25H26N2O5S/c1-30-25(29)22(12-14-33-2)27-24(28)21-11-10-18(17-31-20-9-6-13-26-16-20)15-23(21)32-19-7-4-3-5-8-19/h3-11,13,15-16,22H,12,14,17H2,1-2H3,(H,27,28). The van der Waals surface area contributed by atoms with Crippen molar-refractivity contribution in [3.63, 3.8) is 0 Å². The van der Waals surface area contributed by atoms with Gasteiger partial charge in [0.2, 0.25) is 0 Å². The van der Waals surface area contributed by atoms with Crippen LogP contribution in [0.4, 0.5) is 0 Å². The van der Waals surface area contributed by atoms with Crippen LogP contribution in [0.3, 0.4) is 0 Å². The Morgan fingerprint density at radius 1 is 1.06 bits per heavy atom. The molecule has 0 aliphatic rings. The van der Waals surface area contributed by atoms with Gasteiger partial charge < -0.3 is 19.5 Å². The predicted octanol–water partition coefficient (Wildman–Crippen LogP) is 4.48. The Balaban J connectivity index is 1.83. The number of pyridine rings is 1. The Bertz CT molecular complexity index is 1050. The summed E-state index contributed by atoms with van der Waals surface area (Å²) < 4.78 is 16.6. The zero-order valence-corrected chi connectivity index (χ0v) is 19.3. The van der Waals surface area contributed by atoms with Crippen molar-refractivity contribution in [1.82, 2.24) is 10.3 Å². The minimum atomic E-state index is -0.742. The number of ether oxygens (including phenoxy) is 3. The second kappa shape index (κ2) is 12.5. The lowest BCUT2D eigenvalue weighted by molar-refractivity contribution is -0.142. The van der Waals surface area contributed by atoms with Gasteiger partial charge in [-0.1, -0.05) is 24.3 Å². The fraction of sp³-hybridized carbons (Fsp3) is 0.240. The van der Waals surface area contributed by atoms with E-state index in [0.717, 1.165) is 5.56 Å². The van der Waals surface area contributed by atoms with Crippen molar-refractivity contribution in [2.45, 2.75) is 19.1 Å². The lowest BCUT2D eigenvalue weighted by Gasteiger charge is -2.18. The molecule has 172 valence electrons. The fourth-order valence-corrected chi connectivity index (χ4v) is 3.48. The van der Waals surface area contributed by atoms with Crippen molar-refractivity contribution in [3.8, 4) is 17.2 Å². The number of hydrogen-bond acceptors (Lipinski definition) is 7. The van der Waals surface area contributed by atoms with Crippen LogP contribution in [0.25, 0.3) is 0 Å². The first-order valence-electron chi connectivity index (χ1n) is 10.4. The molecule has 0 aliphatic heterocycles. The molecule has 2 aromatic carbocycles. The van der Waals surface area contributed by atoms with Crippen molar-refractivity contribution in [2.75, 3.05) is 19.1 Å². The third-order valence-corrected chi connectivity index (χ3v) is 5.35. The maximum atomic E-state index is 13.1. The number of para-hydroxylation sites is 1. The molecular formula is C25H26N2O5S. The number of rotatable bonds is 11. The first-order valence-corrected chi connectivity index (χ1v) is 11.8. The molecule has 8 heteroatoms. The number of hydrogen-bond donors (Lipinski definition) is 1. The average Bonchev–Trinajstić information content (AvgIpc) is 2.86. The maximum absolute atomic E-state index is 13.1. The SMILES string of the molecule is COC(=O)C(CCSC)NC(=O)c1ccc(COc2cccnc2)cc1Oc1ccccc1. The average molecular weight is 467 g/mol. The molecule has 1 aromatic heterocycles. The van der Waals surface area contributed by atoms with Crippen LogP contribution in [0.2, 0.25) is 0 Å². The molecule has 1 N–H and O–H groups in total. The van der Waals surface area contributed by atoms with E-state index in [2.05, 4.69) is 10.3 Å². The summed E-state index contributed by atoms with van der Waals surface area (Å²) in [6.07, 6.45) is 5.71. The van der Waals surface area contributed by atoms with E-state index in [9.17, 15) is 9.59 Å². The number of nitrogens with one attached hydrogen (secondary N) is 1. The van der Waals surface area contributed by atoms with Gasteiger partial charge in [-0.15, -0.1) is 0 Å². The number of carbonyl (C=O) groups is 2. The van der Waals surface area contributed by atoms with Gasteiger partial charge in [-0.2, -0.15) is 11.8 Å². The second-order valence-corrected chi connectivity index (χ2v) is 8.04. The highest BCUT2D eigenvalue weighted by Crippen LogP contribution is 2.27. The maximum Gasteiger partial charge on any atom is 0.328 e. The molecule has 7 nitrogen and oxygen atoms in total. The number of carbonyl (C=O) groups excluding carboxylic acids is 2. The van der Waals surface area contributed by atoms with Crippen LogP contribution in [0.15, 0.2) is 73.1 Å². The van der Waals surface area contributed by atoms with E-state index in [1.807, 2.05) is 30.5 Å². The Morgan fingerprint density at radius 3 is 2.55 bits per heavy atom. The third kappa shape index (κ3) is 7.25. The smallest absolute Gasteiger partial charge is 0.328 e.